The fraction of sp³-hybridized carbons (Fsp3) is 0.588. The van der Waals surface area contributed by atoms with Crippen molar-refractivity contribution >= 4 is 12.1 Å². The van der Waals surface area contributed by atoms with E-state index in [2.05, 4.69) is 28.2 Å². The molecule has 7 nitrogen and oxygen atoms in total. The average Bonchev–Trinajstić information content (AvgIpc) is 2.98. The molecule has 4 amide bonds. The molecule has 4 bridgehead atoms. The van der Waals surface area contributed by atoms with Crippen molar-refractivity contribution in [2.75, 3.05) is 6.61 Å². The lowest BCUT2D eigenvalue weighted by atomic mass is 10.0. The first kappa shape index (κ1) is 32.3. The first-order chi connectivity index (χ1) is 20.1. The van der Waals surface area contributed by atoms with Gasteiger partial charge in [-0.05, 0) is 40.8 Å². The molecule has 0 saturated heterocycles. The highest BCUT2D eigenvalue weighted by atomic mass is 16.5. The molecule has 0 fully saturated rings. The Bertz CT molecular complexity index is 985. The van der Waals surface area contributed by atoms with Crippen LogP contribution in [0.15, 0.2) is 42.5 Å². The summed E-state index contributed by atoms with van der Waals surface area (Å²) in [5, 5.41) is 11.7. The molecule has 0 saturated carbocycles. The van der Waals surface area contributed by atoms with Crippen molar-refractivity contribution in [1.82, 2.24) is 21.3 Å². The number of fused-ring (bicyclic) bond motifs is 4. The fourth-order valence-corrected chi connectivity index (χ4v) is 5.21. The molecule has 1 aliphatic heterocycles. The molecule has 226 valence electrons. The fourth-order valence-electron chi connectivity index (χ4n) is 5.21. The Morgan fingerprint density at radius 1 is 0.537 bits per heavy atom. The molecule has 0 aromatic heterocycles. The van der Waals surface area contributed by atoms with Crippen LogP contribution in [0.2, 0.25) is 0 Å². The maximum absolute atomic E-state index is 12.4. The molecule has 2 aromatic rings. The SMILES string of the molecule is CCCCCCCCCCCCCCCCOc1cc2cc(c1)CNC(=O)NCc1cccc(c1)CNC(=O)NC2. The van der Waals surface area contributed by atoms with E-state index >= 15 is 0 Å². The van der Waals surface area contributed by atoms with Crippen LogP contribution in [-0.2, 0) is 26.2 Å². The smallest absolute Gasteiger partial charge is 0.315 e. The quantitative estimate of drug-likeness (QED) is 0.156. The average molecular weight is 565 g/mol. The Kier molecular flexibility index (Phi) is 15.6. The van der Waals surface area contributed by atoms with Crippen LogP contribution in [0.4, 0.5) is 9.59 Å². The lowest BCUT2D eigenvalue weighted by Gasteiger charge is -2.15. The first-order valence-corrected chi connectivity index (χ1v) is 16.0. The Hall–Kier alpha value is -3.22. The summed E-state index contributed by atoms with van der Waals surface area (Å²) >= 11 is 0. The molecular weight excluding hydrogens is 512 g/mol. The van der Waals surface area contributed by atoms with Crippen LogP contribution in [-0.4, -0.2) is 18.7 Å². The molecule has 0 spiro atoms. The number of unbranched alkanes of at least 4 members (excludes halogenated alkanes) is 13. The normalized spacial score (nSPS) is 14.0. The predicted octanol–water partition coefficient (Wildman–Crippen LogP) is 7.86. The van der Waals surface area contributed by atoms with Crippen molar-refractivity contribution in [3.8, 4) is 5.75 Å². The molecule has 3 rings (SSSR count). The van der Waals surface area contributed by atoms with Gasteiger partial charge in [0.2, 0.25) is 0 Å². The van der Waals surface area contributed by atoms with E-state index in [1.807, 2.05) is 42.5 Å². The van der Waals surface area contributed by atoms with Crippen LogP contribution in [0.3, 0.4) is 0 Å². The molecule has 1 heterocycles. The number of urea groups is 2. The number of nitrogens with one attached hydrogen (secondary N) is 4. The summed E-state index contributed by atoms with van der Waals surface area (Å²) in [6, 6.07) is 13.3. The summed E-state index contributed by atoms with van der Waals surface area (Å²) < 4.78 is 6.10. The van der Waals surface area contributed by atoms with Crippen LogP contribution >= 0.6 is 0 Å². The van der Waals surface area contributed by atoms with Gasteiger partial charge in [0.05, 0.1) is 6.61 Å². The van der Waals surface area contributed by atoms with Crippen molar-refractivity contribution in [3.63, 3.8) is 0 Å². The van der Waals surface area contributed by atoms with E-state index in [9.17, 15) is 9.59 Å². The number of ether oxygens (including phenoxy) is 1. The van der Waals surface area contributed by atoms with E-state index < -0.39 is 0 Å². The van der Waals surface area contributed by atoms with Gasteiger partial charge < -0.3 is 26.0 Å². The summed E-state index contributed by atoms with van der Waals surface area (Å²) in [5.74, 6) is 0.771. The van der Waals surface area contributed by atoms with Gasteiger partial charge in [-0.15, -0.1) is 0 Å². The second-order valence-corrected chi connectivity index (χ2v) is 11.3. The summed E-state index contributed by atoms with van der Waals surface area (Å²) in [6.45, 7) is 4.53. The number of carbonyl (C=O) groups is 2. The van der Waals surface area contributed by atoms with Crippen LogP contribution < -0.4 is 26.0 Å². The van der Waals surface area contributed by atoms with E-state index in [1.165, 1.54) is 83.5 Å². The summed E-state index contributed by atoms with van der Waals surface area (Å²) in [4.78, 5) is 24.8. The zero-order valence-electron chi connectivity index (χ0n) is 25.2. The van der Waals surface area contributed by atoms with Gasteiger partial charge in [-0.1, -0.05) is 121 Å². The number of carbonyl (C=O) groups excluding carboxylic acids is 2. The highest BCUT2D eigenvalue weighted by molar-refractivity contribution is 5.74. The number of rotatable bonds is 16. The largest absolute Gasteiger partial charge is 0.494 e. The third-order valence-corrected chi connectivity index (χ3v) is 7.60. The second kappa shape index (κ2) is 19.8. The molecule has 0 unspecified atom stereocenters. The molecule has 4 N–H and O–H groups in total. The predicted molar refractivity (Wildman–Crippen MR) is 167 cm³/mol. The van der Waals surface area contributed by atoms with Crippen LogP contribution in [0.25, 0.3) is 0 Å². The van der Waals surface area contributed by atoms with Crippen LogP contribution in [0.5, 0.6) is 5.75 Å². The molecule has 1 aliphatic rings. The number of hydrogen-bond acceptors (Lipinski definition) is 3. The van der Waals surface area contributed by atoms with E-state index in [0.29, 0.717) is 32.8 Å². The van der Waals surface area contributed by atoms with Gasteiger partial charge in [-0.2, -0.15) is 0 Å². The number of amides is 4. The minimum Gasteiger partial charge on any atom is -0.494 e. The van der Waals surface area contributed by atoms with Gasteiger partial charge in [-0.25, -0.2) is 9.59 Å². The minimum atomic E-state index is -0.218. The molecule has 0 radical (unpaired) electrons. The standard InChI is InChI=1S/C34H52N4O3/c1-2-3-4-5-6-7-8-9-10-11-12-13-14-15-19-41-32-22-30-21-31(23-32)27-38-34(40)36-25-29-18-16-17-28(20-29)24-35-33(39)37-26-30/h16-18,20-23H,2-15,19,24-27H2,1H3,(H2,35,37,39)(H2,36,38,40). The number of hydrogen-bond donors (Lipinski definition) is 4. The Balaban J connectivity index is 1.36. The van der Waals surface area contributed by atoms with Crippen molar-refractivity contribution in [3.05, 3.63) is 64.7 Å². The van der Waals surface area contributed by atoms with Crippen molar-refractivity contribution < 1.29 is 14.3 Å². The summed E-state index contributed by atoms with van der Waals surface area (Å²) in [5.41, 5.74) is 3.83. The highest BCUT2D eigenvalue weighted by Gasteiger charge is 2.09. The van der Waals surface area contributed by atoms with Crippen molar-refractivity contribution in [1.29, 1.82) is 0 Å². The Morgan fingerprint density at radius 2 is 0.927 bits per heavy atom. The van der Waals surface area contributed by atoms with Gasteiger partial charge >= 0.3 is 12.1 Å². The Morgan fingerprint density at radius 3 is 1.39 bits per heavy atom. The van der Waals surface area contributed by atoms with E-state index in [0.717, 1.165) is 34.4 Å². The first-order valence-electron chi connectivity index (χ1n) is 16.0. The Labute approximate surface area is 247 Å². The molecule has 2 aromatic carbocycles. The second-order valence-electron chi connectivity index (χ2n) is 11.3. The number of benzene rings is 2. The molecule has 7 heteroatoms. The maximum Gasteiger partial charge on any atom is 0.315 e. The van der Waals surface area contributed by atoms with Gasteiger partial charge in [0.1, 0.15) is 5.75 Å². The summed E-state index contributed by atoms with van der Waals surface area (Å²) in [6.07, 6.45) is 18.6. The zero-order valence-corrected chi connectivity index (χ0v) is 25.2. The highest BCUT2D eigenvalue weighted by Crippen LogP contribution is 2.19. The van der Waals surface area contributed by atoms with Gasteiger partial charge in [0, 0.05) is 26.2 Å². The van der Waals surface area contributed by atoms with Gasteiger partial charge in [0.25, 0.3) is 0 Å². The minimum absolute atomic E-state index is 0.218. The zero-order chi connectivity index (χ0) is 29.0. The third-order valence-electron chi connectivity index (χ3n) is 7.60. The lowest BCUT2D eigenvalue weighted by Crippen LogP contribution is -2.35. The monoisotopic (exact) mass is 564 g/mol. The van der Waals surface area contributed by atoms with Crippen molar-refractivity contribution in [2.24, 2.45) is 0 Å². The molecule has 0 atom stereocenters. The van der Waals surface area contributed by atoms with E-state index in [1.54, 1.807) is 0 Å². The molecule has 0 aliphatic carbocycles. The molecule has 41 heavy (non-hydrogen) atoms. The van der Waals surface area contributed by atoms with Crippen LogP contribution in [0, 0.1) is 0 Å². The van der Waals surface area contributed by atoms with E-state index in [4.69, 9.17) is 4.74 Å². The molecular formula is C34H52N4O3. The maximum atomic E-state index is 12.4. The topological polar surface area (TPSA) is 91.5 Å². The van der Waals surface area contributed by atoms with Gasteiger partial charge in [-0.3, -0.25) is 0 Å². The summed E-state index contributed by atoms with van der Waals surface area (Å²) in [7, 11) is 0. The van der Waals surface area contributed by atoms with Crippen LogP contribution in [0.1, 0.15) is 119 Å². The van der Waals surface area contributed by atoms with Gasteiger partial charge in [0.15, 0.2) is 0 Å². The third kappa shape index (κ3) is 14.3. The van der Waals surface area contributed by atoms with E-state index in [-0.39, 0.29) is 12.1 Å². The lowest BCUT2D eigenvalue weighted by molar-refractivity contribution is 0.239. The van der Waals surface area contributed by atoms with Crippen molar-refractivity contribution in [2.45, 2.75) is 123 Å².